The van der Waals surface area contributed by atoms with Crippen LogP contribution in [0.15, 0.2) is 57.9 Å². The number of halogens is 1. The minimum Gasteiger partial charge on any atom is -0.346 e. The highest BCUT2D eigenvalue weighted by molar-refractivity contribution is 9.10. The number of carbonyl (C=O) groups is 1. The van der Waals surface area contributed by atoms with Crippen molar-refractivity contribution in [2.75, 3.05) is 0 Å². The first-order valence-corrected chi connectivity index (χ1v) is 8.80. The van der Waals surface area contributed by atoms with Crippen molar-refractivity contribution < 1.29 is 13.2 Å². The van der Waals surface area contributed by atoms with Crippen LogP contribution in [-0.4, -0.2) is 14.3 Å². The fourth-order valence-corrected chi connectivity index (χ4v) is 2.85. The topological polar surface area (TPSA) is 89.3 Å². The standard InChI is InChI=1S/C15H15BrN2O3S/c1-10(11-5-7-14(8-6-11)22(17,20)21)18-15(19)12-3-2-4-13(16)9-12/h2-10H,1H3,(H,18,19)(H2,17,20,21)/t10-/m0/s1. The molecule has 0 aromatic heterocycles. The Morgan fingerprint density at radius 3 is 2.36 bits per heavy atom. The Morgan fingerprint density at radius 1 is 1.18 bits per heavy atom. The molecule has 0 aliphatic rings. The molecule has 0 heterocycles. The second-order valence-corrected chi connectivity index (χ2v) is 7.30. The van der Waals surface area contributed by atoms with E-state index in [1.807, 2.05) is 13.0 Å². The summed E-state index contributed by atoms with van der Waals surface area (Å²) in [6.07, 6.45) is 0. The molecule has 0 aliphatic carbocycles. The van der Waals surface area contributed by atoms with E-state index in [9.17, 15) is 13.2 Å². The highest BCUT2D eigenvalue weighted by Crippen LogP contribution is 2.17. The lowest BCUT2D eigenvalue weighted by Crippen LogP contribution is -2.26. The fourth-order valence-electron chi connectivity index (χ4n) is 1.94. The second-order valence-electron chi connectivity index (χ2n) is 4.82. The molecule has 2 aromatic carbocycles. The minimum atomic E-state index is -3.71. The van der Waals surface area contributed by atoms with E-state index >= 15 is 0 Å². The predicted molar refractivity (Wildman–Crippen MR) is 87.8 cm³/mol. The van der Waals surface area contributed by atoms with E-state index in [1.165, 1.54) is 12.1 Å². The van der Waals surface area contributed by atoms with Crippen molar-refractivity contribution in [3.05, 3.63) is 64.1 Å². The summed E-state index contributed by atoms with van der Waals surface area (Å²) >= 11 is 3.32. The summed E-state index contributed by atoms with van der Waals surface area (Å²) in [6, 6.07) is 12.9. The molecule has 2 rings (SSSR count). The van der Waals surface area contributed by atoms with Gasteiger partial charge in [0.05, 0.1) is 10.9 Å². The SMILES string of the molecule is C[C@H](NC(=O)c1cccc(Br)c1)c1ccc(S(N)(=O)=O)cc1. The van der Waals surface area contributed by atoms with Gasteiger partial charge in [0, 0.05) is 10.0 Å². The summed E-state index contributed by atoms with van der Waals surface area (Å²) in [6.45, 7) is 1.82. The number of hydrogen-bond donors (Lipinski definition) is 2. The maximum absolute atomic E-state index is 12.2. The molecule has 22 heavy (non-hydrogen) atoms. The van der Waals surface area contributed by atoms with Crippen LogP contribution >= 0.6 is 15.9 Å². The third kappa shape index (κ3) is 4.16. The number of rotatable bonds is 4. The summed E-state index contributed by atoms with van der Waals surface area (Å²) in [5.74, 6) is -0.204. The Balaban J connectivity index is 2.12. The number of nitrogens with one attached hydrogen (secondary N) is 1. The normalized spacial score (nSPS) is 12.7. The molecule has 7 heteroatoms. The lowest BCUT2D eigenvalue weighted by Gasteiger charge is -2.15. The Labute approximate surface area is 137 Å². The second kappa shape index (κ2) is 6.60. The van der Waals surface area contributed by atoms with Crippen LogP contribution in [0.5, 0.6) is 0 Å². The van der Waals surface area contributed by atoms with E-state index in [4.69, 9.17) is 5.14 Å². The molecule has 0 fully saturated rings. The number of nitrogens with two attached hydrogens (primary N) is 1. The lowest BCUT2D eigenvalue weighted by molar-refractivity contribution is 0.0940. The molecule has 0 saturated heterocycles. The predicted octanol–water partition coefficient (Wildman–Crippen LogP) is 2.59. The van der Waals surface area contributed by atoms with Crippen LogP contribution in [-0.2, 0) is 10.0 Å². The van der Waals surface area contributed by atoms with Crippen molar-refractivity contribution in [1.82, 2.24) is 5.32 Å². The summed E-state index contributed by atoms with van der Waals surface area (Å²) in [5, 5.41) is 7.91. The van der Waals surface area contributed by atoms with Crippen LogP contribution in [0.3, 0.4) is 0 Å². The summed E-state index contributed by atoms with van der Waals surface area (Å²) in [5.41, 5.74) is 1.33. The maximum Gasteiger partial charge on any atom is 0.251 e. The van der Waals surface area contributed by atoms with Crippen LogP contribution in [0.1, 0.15) is 28.9 Å². The van der Waals surface area contributed by atoms with Crippen molar-refractivity contribution >= 4 is 31.9 Å². The van der Waals surface area contributed by atoms with E-state index in [0.717, 1.165) is 10.0 Å². The fraction of sp³-hybridized carbons (Fsp3) is 0.133. The van der Waals surface area contributed by atoms with Crippen molar-refractivity contribution in [1.29, 1.82) is 0 Å². The van der Waals surface area contributed by atoms with E-state index in [1.54, 1.807) is 30.3 Å². The third-order valence-electron chi connectivity index (χ3n) is 3.14. The highest BCUT2D eigenvalue weighted by Gasteiger charge is 2.13. The minimum absolute atomic E-state index is 0.0433. The van der Waals surface area contributed by atoms with Gasteiger partial charge in [0.15, 0.2) is 0 Å². The van der Waals surface area contributed by atoms with Gasteiger partial charge in [0.1, 0.15) is 0 Å². The zero-order chi connectivity index (χ0) is 16.3. The first-order chi connectivity index (χ1) is 10.3. The number of hydrogen-bond acceptors (Lipinski definition) is 3. The molecule has 0 bridgehead atoms. The molecule has 5 nitrogen and oxygen atoms in total. The molecule has 2 aromatic rings. The smallest absolute Gasteiger partial charge is 0.251 e. The van der Waals surface area contributed by atoms with Crippen LogP contribution in [0.4, 0.5) is 0 Å². The van der Waals surface area contributed by atoms with Gasteiger partial charge in [-0.15, -0.1) is 0 Å². The average molecular weight is 383 g/mol. The van der Waals surface area contributed by atoms with Gasteiger partial charge in [0.25, 0.3) is 5.91 Å². The number of primary sulfonamides is 1. The highest BCUT2D eigenvalue weighted by atomic mass is 79.9. The summed E-state index contributed by atoms with van der Waals surface area (Å²) in [4.78, 5) is 12.2. The molecule has 0 saturated carbocycles. The molecular weight excluding hydrogens is 368 g/mol. The van der Waals surface area contributed by atoms with Crippen LogP contribution < -0.4 is 10.5 Å². The van der Waals surface area contributed by atoms with Gasteiger partial charge in [-0.1, -0.05) is 34.1 Å². The third-order valence-corrected chi connectivity index (χ3v) is 4.57. The molecule has 0 spiro atoms. The van der Waals surface area contributed by atoms with Gasteiger partial charge < -0.3 is 5.32 Å². The van der Waals surface area contributed by atoms with Gasteiger partial charge >= 0.3 is 0 Å². The largest absolute Gasteiger partial charge is 0.346 e. The molecule has 0 unspecified atom stereocenters. The van der Waals surface area contributed by atoms with E-state index in [-0.39, 0.29) is 16.8 Å². The Morgan fingerprint density at radius 2 is 1.82 bits per heavy atom. The van der Waals surface area contributed by atoms with E-state index in [2.05, 4.69) is 21.2 Å². The molecule has 1 amide bonds. The van der Waals surface area contributed by atoms with Crippen molar-refractivity contribution in [2.45, 2.75) is 17.9 Å². The summed E-state index contributed by atoms with van der Waals surface area (Å²) in [7, 11) is -3.71. The molecule has 3 N–H and O–H groups in total. The number of carbonyl (C=O) groups excluding carboxylic acids is 1. The van der Waals surface area contributed by atoms with E-state index < -0.39 is 10.0 Å². The van der Waals surface area contributed by atoms with Crippen molar-refractivity contribution in [3.63, 3.8) is 0 Å². The Bertz CT molecular complexity index is 789. The van der Waals surface area contributed by atoms with Gasteiger partial charge in [-0.2, -0.15) is 0 Å². The van der Waals surface area contributed by atoms with Crippen LogP contribution in [0, 0.1) is 0 Å². The molecule has 0 radical (unpaired) electrons. The van der Waals surface area contributed by atoms with Gasteiger partial charge in [-0.05, 0) is 42.8 Å². The van der Waals surface area contributed by atoms with Gasteiger partial charge in [-0.25, -0.2) is 13.6 Å². The quantitative estimate of drug-likeness (QED) is 0.851. The number of sulfonamides is 1. The first-order valence-electron chi connectivity index (χ1n) is 6.46. The zero-order valence-electron chi connectivity index (χ0n) is 11.8. The van der Waals surface area contributed by atoms with Crippen LogP contribution in [0.2, 0.25) is 0 Å². The molecule has 116 valence electrons. The first kappa shape index (κ1) is 16.7. The molecular formula is C15H15BrN2O3S. The van der Waals surface area contributed by atoms with Crippen molar-refractivity contribution in [2.24, 2.45) is 5.14 Å². The van der Waals surface area contributed by atoms with Gasteiger partial charge in [0.2, 0.25) is 10.0 Å². The summed E-state index contributed by atoms with van der Waals surface area (Å²) < 4.78 is 23.2. The Kier molecular flexibility index (Phi) is 5.00. The monoisotopic (exact) mass is 382 g/mol. The lowest BCUT2D eigenvalue weighted by atomic mass is 10.1. The van der Waals surface area contributed by atoms with Crippen molar-refractivity contribution in [3.8, 4) is 0 Å². The molecule has 0 aliphatic heterocycles. The Hall–Kier alpha value is -1.70. The molecule has 1 atom stereocenters. The van der Waals surface area contributed by atoms with Gasteiger partial charge in [-0.3, -0.25) is 4.79 Å². The maximum atomic E-state index is 12.2. The zero-order valence-corrected chi connectivity index (χ0v) is 14.2. The number of benzene rings is 2. The van der Waals surface area contributed by atoms with Crippen LogP contribution in [0.25, 0.3) is 0 Å². The average Bonchev–Trinajstić information content (AvgIpc) is 2.46. The number of amides is 1. The van der Waals surface area contributed by atoms with E-state index in [0.29, 0.717) is 5.56 Å².